The largest absolute Gasteiger partial charge is 0.493 e. The highest BCUT2D eigenvalue weighted by Crippen LogP contribution is 2.37. The molecule has 1 unspecified atom stereocenters. The summed E-state index contributed by atoms with van der Waals surface area (Å²) in [7, 11) is 1.60. The van der Waals surface area contributed by atoms with E-state index in [1.54, 1.807) is 7.11 Å². The van der Waals surface area contributed by atoms with Crippen molar-refractivity contribution in [2.45, 2.75) is 31.9 Å². The number of benzene rings is 2. The van der Waals surface area contributed by atoms with Gasteiger partial charge in [-0.3, -0.25) is 4.79 Å². The molecule has 150 valence electrons. The predicted octanol–water partition coefficient (Wildman–Crippen LogP) is 4.45. The van der Waals surface area contributed by atoms with E-state index in [9.17, 15) is 4.79 Å². The SMILES string of the molecule is COc1cc(C2NC(=S)NC3=C2C(=O)CCC3)ccc1OCc1ccc(Cl)cc1. The Morgan fingerprint density at radius 3 is 2.69 bits per heavy atom. The summed E-state index contributed by atoms with van der Waals surface area (Å²) in [4.78, 5) is 12.6. The summed E-state index contributed by atoms with van der Waals surface area (Å²) in [6.45, 7) is 0.399. The van der Waals surface area contributed by atoms with Crippen molar-refractivity contribution in [3.63, 3.8) is 0 Å². The number of halogens is 1. The minimum Gasteiger partial charge on any atom is -0.493 e. The monoisotopic (exact) mass is 428 g/mol. The molecule has 0 bridgehead atoms. The Balaban J connectivity index is 1.59. The molecule has 0 amide bonds. The maximum Gasteiger partial charge on any atom is 0.171 e. The fourth-order valence-electron chi connectivity index (χ4n) is 3.68. The number of ketones is 1. The minimum absolute atomic E-state index is 0.154. The van der Waals surface area contributed by atoms with Gasteiger partial charge < -0.3 is 20.1 Å². The second kappa shape index (κ2) is 8.43. The summed E-state index contributed by atoms with van der Waals surface area (Å²) >= 11 is 11.3. The van der Waals surface area contributed by atoms with Crippen molar-refractivity contribution >= 4 is 34.7 Å². The highest BCUT2D eigenvalue weighted by molar-refractivity contribution is 7.80. The van der Waals surface area contributed by atoms with Gasteiger partial charge in [-0.15, -0.1) is 0 Å². The number of ether oxygens (including phenoxy) is 2. The molecule has 0 aromatic heterocycles. The van der Waals surface area contributed by atoms with Crippen LogP contribution in [0.25, 0.3) is 0 Å². The van der Waals surface area contributed by atoms with Crippen molar-refractivity contribution in [1.82, 2.24) is 10.6 Å². The number of carbonyl (C=O) groups is 1. The van der Waals surface area contributed by atoms with E-state index in [0.29, 0.717) is 34.7 Å². The molecule has 29 heavy (non-hydrogen) atoms. The lowest BCUT2D eigenvalue weighted by atomic mass is 9.85. The highest BCUT2D eigenvalue weighted by Gasteiger charge is 2.33. The molecule has 2 aliphatic rings. The van der Waals surface area contributed by atoms with Crippen molar-refractivity contribution in [3.8, 4) is 11.5 Å². The fourth-order valence-corrected chi connectivity index (χ4v) is 4.05. The van der Waals surface area contributed by atoms with Gasteiger partial charge in [0.05, 0.1) is 13.2 Å². The average molecular weight is 429 g/mol. The fraction of sp³-hybridized carbons (Fsp3) is 0.273. The summed E-state index contributed by atoms with van der Waals surface area (Å²) < 4.78 is 11.5. The molecule has 2 N–H and O–H groups in total. The normalized spacial score (nSPS) is 18.6. The summed E-state index contributed by atoms with van der Waals surface area (Å²) in [5.41, 5.74) is 3.61. The molecule has 0 saturated heterocycles. The number of methoxy groups -OCH3 is 1. The van der Waals surface area contributed by atoms with E-state index in [1.807, 2.05) is 42.5 Å². The molecule has 0 spiro atoms. The zero-order valence-corrected chi connectivity index (χ0v) is 17.5. The summed E-state index contributed by atoms with van der Waals surface area (Å²) in [6, 6.07) is 12.9. The molecule has 5 nitrogen and oxygen atoms in total. The number of thiocarbonyl (C=S) groups is 1. The van der Waals surface area contributed by atoms with E-state index >= 15 is 0 Å². The molecular formula is C22H21ClN2O3S. The van der Waals surface area contributed by atoms with Crippen LogP contribution in [0.1, 0.15) is 36.4 Å². The van der Waals surface area contributed by atoms with Gasteiger partial charge in [0.25, 0.3) is 0 Å². The summed E-state index contributed by atoms with van der Waals surface area (Å²) in [5.74, 6) is 1.39. The van der Waals surface area contributed by atoms with Crippen LogP contribution in [0.2, 0.25) is 5.02 Å². The summed E-state index contributed by atoms with van der Waals surface area (Å²) in [6.07, 6.45) is 2.24. The lowest BCUT2D eigenvalue weighted by molar-refractivity contribution is -0.116. The zero-order valence-electron chi connectivity index (χ0n) is 16.0. The quantitative estimate of drug-likeness (QED) is 0.686. The Hall–Kier alpha value is -2.57. The lowest BCUT2D eigenvalue weighted by Crippen LogP contribution is -2.46. The van der Waals surface area contributed by atoms with Crippen LogP contribution in [-0.2, 0) is 11.4 Å². The number of hydrogen-bond acceptors (Lipinski definition) is 4. The van der Waals surface area contributed by atoms with E-state index < -0.39 is 0 Å². The number of Topliss-reactive ketones (excluding diaryl/α,β-unsaturated/α-hetero) is 1. The molecule has 1 aliphatic heterocycles. The first-order valence-electron chi connectivity index (χ1n) is 9.44. The molecule has 4 rings (SSSR count). The smallest absolute Gasteiger partial charge is 0.171 e. The topological polar surface area (TPSA) is 59.6 Å². The third-order valence-corrected chi connectivity index (χ3v) is 5.59. The second-order valence-electron chi connectivity index (χ2n) is 7.03. The minimum atomic E-state index is -0.286. The highest BCUT2D eigenvalue weighted by atomic mass is 35.5. The van der Waals surface area contributed by atoms with Crippen LogP contribution < -0.4 is 20.1 Å². The van der Waals surface area contributed by atoms with Crippen LogP contribution in [-0.4, -0.2) is 18.0 Å². The predicted molar refractivity (Wildman–Crippen MR) is 116 cm³/mol. The lowest BCUT2D eigenvalue weighted by Gasteiger charge is -2.34. The summed E-state index contributed by atoms with van der Waals surface area (Å²) in [5, 5.41) is 7.60. The van der Waals surface area contributed by atoms with Gasteiger partial charge in [0, 0.05) is 22.7 Å². The molecule has 2 aromatic rings. The van der Waals surface area contributed by atoms with Crippen molar-refractivity contribution in [2.24, 2.45) is 0 Å². The maximum atomic E-state index is 12.6. The molecule has 1 heterocycles. The molecule has 0 saturated carbocycles. The number of nitrogens with one attached hydrogen (secondary N) is 2. The Labute approximate surface area is 180 Å². The van der Waals surface area contributed by atoms with Gasteiger partial charge in [-0.25, -0.2) is 0 Å². The number of hydrogen-bond donors (Lipinski definition) is 2. The van der Waals surface area contributed by atoms with Gasteiger partial charge in [-0.1, -0.05) is 29.8 Å². The standard InChI is InChI=1S/C22H21ClN2O3S/c1-27-19-11-14(7-10-18(19)28-12-13-5-8-15(23)9-6-13)21-20-16(24-22(29)25-21)3-2-4-17(20)26/h5-11,21H,2-4,12H2,1H3,(H2,24,25,29). The van der Waals surface area contributed by atoms with Gasteiger partial charge in [0.1, 0.15) is 6.61 Å². The van der Waals surface area contributed by atoms with Crippen molar-refractivity contribution < 1.29 is 14.3 Å². The molecule has 2 aromatic carbocycles. The van der Waals surface area contributed by atoms with Gasteiger partial charge in [0.15, 0.2) is 22.4 Å². The maximum absolute atomic E-state index is 12.6. The van der Waals surface area contributed by atoms with Crippen molar-refractivity contribution in [3.05, 3.63) is 69.9 Å². The Bertz CT molecular complexity index is 988. The van der Waals surface area contributed by atoms with Crippen molar-refractivity contribution in [1.29, 1.82) is 0 Å². The first-order chi connectivity index (χ1) is 14.0. The molecule has 0 fully saturated rings. The first kappa shape index (κ1) is 19.7. The van der Waals surface area contributed by atoms with E-state index in [0.717, 1.165) is 35.2 Å². The van der Waals surface area contributed by atoms with E-state index in [1.165, 1.54) is 0 Å². The number of rotatable bonds is 5. The van der Waals surface area contributed by atoms with E-state index in [4.69, 9.17) is 33.3 Å². The molecule has 1 atom stereocenters. The molecule has 7 heteroatoms. The third-order valence-electron chi connectivity index (χ3n) is 5.11. The van der Waals surface area contributed by atoms with Crippen molar-refractivity contribution in [2.75, 3.05) is 7.11 Å². The molecule has 0 radical (unpaired) electrons. The van der Waals surface area contributed by atoms with Gasteiger partial charge >= 0.3 is 0 Å². The Morgan fingerprint density at radius 2 is 1.93 bits per heavy atom. The third kappa shape index (κ3) is 4.23. The van der Waals surface area contributed by atoms with Gasteiger partial charge in [-0.05, 0) is 60.5 Å². The second-order valence-corrected chi connectivity index (χ2v) is 7.87. The van der Waals surface area contributed by atoms with Crippen LogP contribution in [0.15, 0.2) is 53.7 Å². The van der Waals surface area contributed by atoms with Crippen LogP contribution in [0.3, 0.4) is 0 Å². The zero-order chi connectivity index (χ0) is 20.4. The van der Waals surface area contributed by atoms with Gasteiger partial charge in [-0.2, -0.15) is 0 Å². The van der Waals surface area contributed by atoms with E-state index in [-0.39, 0.29) is 11.8 Å². The van der Waals surface area contributed by atoms with Crippen LogP contribution >= 0.6 is 23.8 Å². The average Bonchev–Trinajstić information content (AvgIpc) is 2.72. The van der Waals surface area contributed by atoms with Crippen LogP contribution in [0.4, 0.5) is 0 Å². The Morgan fingerprint density at radius 1 is 1.14 bits per heavy atom. The molecular weight excluding hydrogens is 408 g/mol. The van der Waals surface area contributed by atoms with Gasteiger partial charge in [0.2, 0.25) is 0 Å². The number of allylic oxidation sites excluding steroid dienone is 1. The van der Waals surface area contributed by atoms with Crippen LogP contribution in [0.5, 0.6) is 11.5 Å². The van der Waals surface area contributed by atoms with Crippen LogP contribution in [0, 0.1) is 0 Å². The van der Waals surface area contributed by atoms with E-state index in [2.05, 4.69) is 10.6 Å². The molecule has 1 aliphatic carbocycles. The first-order valence-corrected chi connectivity index (χ1v) is 10.2. The number of carbonyl (C=O) groups excluding carboxylic acids is 1. The Kier molecular flexibility index (Phi) is 5.74.